The molecule has 2 unspecified atom stereocenters. The standard InChI is InChI=1S/C14H23N7O3.H2O4S/c1-20(4-2-3-15)5-8-10(22)11(23)14(24-8)21-7-19-9-12(16)17-6-18-13(9)21;1-5(2,3)4/h6-8,10-11,14,22-23H,2-5,15H2,1H3,(H2,16,17,18);(H2,1,2,3,4)/t8-,10?,11?,14-;/m1./s1. The fourth-order valence-corrected chi connectivity index (χ4v) is 2.93. The smallest absolute Gasteiger partial charge is 0.387 e. The zero-order chi connectivity index (χ0) is 21.8. The highest BCUT2D eigenvalue weighted by atomic mass is 32.3. The van der Waals surface area contributed by atoms with Crippen LogP contribution in [0.25, 0.3) is 11.2 Å². The zero-order valence-corrected chi connectivity index (χ0v) is 16.4. The third-order valence-electron chi connectivity index (χ3n) is 4.23. The number of aliphatic hydroxyl groups excluding tert-OH is 2. The summed E-state index contributed by atoms with van der Waals surface area (Å²) in [5.74, 6) is 0.254. The molecule has 15 heteroatoms. The molecule has 29 heavy (non-hydrogen) atoms. The second-order valence-corrected chi connectivity index (χ2v) is 7.38. The van der Waals surface area contributed by atoms with Crippen LogP contribution in [0.1, 0.15) is 12.6 Å². The van der Waals surface area contributed by atoms with Gasteiger partial charge in [0.2, 0.25) is 0 Å². The number of imidazole rings is 1. The number of aromatic nitrogens is 4. The number of ether oxygens (including phenoxy) is 1. The summed E-state index contributed by atoms with van der Waals surface area (Å²) in [6.45, 7) is 1.88. The molecule has 14 nitrogen and oxygen atoms in total. The molecule has 1 aliphatic rings. The van der Waals surface area contributed by atoms with Gasteiger partial charge in [-0.2, -0.15) is 8.42 Å². The number of hydrogen-bond donors (Lipinski definition) is 6. The summed E-state index contributed by atoms with van der Waals surface area (Å²) in [4.78, 5) is 14.2. The van der Waals surface area contributed by atoms with E-state index in [1.807, 2.05) is 11.9 Å². The summed E-state index contributed by atoms with van der Waals surface area (Å²) in [5.41, 5.74) is 12.2. The lowest BCUT2D eigenvalue weighted by Gasteiger charge is -2.22. The summed E-state index contributed by atoms with van der Waals surface area (Å²) in [6, 6.07) is 0. The molecule has 0 radical (unpaired) electrons. The normalized spacial score (nSPS) is 24.7. The van der Waals surface area contributed by atoms with Crippen LogP contribution in [0.4, 0.5) is 5.82 Å². The highest BCUT2D eigenvalue weighted by Crippen LogP contribution is 2.32. The molecule has 0 aliphatic carbocycles. The Morgan fingerprint density at radius 2 is 1.90 bits per heavy atom. The van der Waals surface area contributed by atoms with Crippen LogP contribution >= 0.6 is 0 Å². The molecule has 0 bridgehead atoms. The van der Waals surface area contributed by atoms with Gasteiger partial charge in [-0.15, -0.1) is 0 Å². The average Bonchev–Trinajstić information content (AvgIpc) is 3.16. The first-order chi connectivity index (χ1) is 13.5. The van der Waals surface area contributed by atoms with Gasteiger partial charge in [0.15, 0.2) is 17.7 Å². The van der Waals surface area contributed by atoms with Crippen LogP contribution in [0.2, 0.25) is 0 Å². The van der Waals surface area contributed by atoms with Crippen molar-refractivity contribution in [2.45, 2.75) is 31.0 Å². The van der Waals surface area contributed by atoms with Gasteiger partial charge in [-0.05, 0) is 26.6 Å². The average molecular weight is 435 g/mol. The van der Waals surface area contributed by atoms with E-state index in [2.05, 4.69) is 15.0 Å². The number of rotatable bonds is 6. The number of nitrogens with zero attached hydrogens (tertiary/aromatic N) is 5. The summed E-state index contributed by atoms with van der Waals surface area (Å²) < 4.78 is 39.0. The van der Waals surface area contributed by atoms with Crippen molar-refractivity contribution in [1.29, 1.82) is 0 Å². The molecule has 1 aliphatic heterocycles. The summed E-state index contributed by atoms with van der Waals surface area (Å²) >= 11 is 0. The lowest BCUT2D eigenvalue weighted by atomic mass is 10.1. The lowest BCUT2D eigenvalue weighted by Crippen LogP contribution is -2.39. The maximum atomic E-state index is 10.4. The van der Waals surface area contributed by atoms with Crippen LogP contribution in [-0.2, 0) is 15.1 Å². The van der Waals surface area contributed by atoms with E-state index < -0.39 is 34.9 Å². The molecule has 2 aromatic rings. The van der Waals surface area contributed by atoms with Crippen molar-refractivity contribution >= 4 is 27.4 Å². The predicted octanol–water partition coefficient (Wildman–Crippen LogP) is -2.34. The highest BCUT2D eigenvalue weighted by molar-refractivity contribution is 7.79. The van der Waals surface area contributed by atoms with E-state index in [0.29, 0.717) is 24.3 Å². The minimum Gasteiger partial charge on any atom is -0.387 e. The van der Waals surface area contributed by atoms with Crippen molar-refractivity contribution in [3.8, 4) is 0 Å². The molecule has 164 valence electrons. The first-order valence-corrected chi connectivity index (χ1v) is 9.95. The minimum atomic E-state index is -4.67. The van der Waals surface area contributed by atoms with Gasteiger partial charge in [0, 0.05) is 6.54 Å². The van der Waals surface area contributed by atoms with Gasteiger partial charge in [-0.1, -0.05) is 0 Å². The Kier molecular flexibility index (Phi) is 7.78. The van der Waals surface area contributed by atoms with Crippen molar-refractivity contribution in [2.75, 3.05) is 32.4 Å². The molecule has 0 saturated carbocycles. The SMILES string of the molecule is CN(CCCN)C[C@H]1O[C@@H](n2cnc3c(N)ncnc32)C(O)C1O.O=S(=O)(O)O. The Balaban J connectivity index is 0.000000537. The van der Waals surface area contributed by atoms with Crippen LogP contribution in [0, 0.1) is 0 Å². The van der Waals surface area contributed by atoms with E-state index in [-0.39, 0.29) is 5.82 Å². The molecule has 0 aromatic carbocycles. The van der Waals surface area contributed by atoms with Crippen LogP contribution in [0.5, 0.6) is 0 Å². The number of hydrogen-bond acceptors (Lipinski definition) is 11. The second-order valence-electron chi connectivity index (χ2n) is 6.48. The Morgan fingerprint density at radius 3 is 2.52 bits per heavy atom. The number of nitrogen functional groups attached to an aromatic ring is 1. The Morgan fingerprint density at radius 1 is 1.24 bits per heavy atom. The van der Waals surface area contributed by atoms with Gasteiger partial charge in [0.05, 0.1) is 6.33 Å². The molecule has 3 rings (SSSR count). The third-order valence-corrected chi connectivity index (χ3v) is 4.23. The first-order valence-electron chi connectivity index (χ1n) is 8.56. The van der Waals surface area contributed by atoms with Gasteiger partial charge in [-0.3, -0.25) is 13.7 Å². The van der Waals surface area contributed by atoms with Gasteiger partial charge in [0.25, 0.3) is 0 Å². The summed E-state index contributed by atoms with van der Waals surface area (Å²) in [5, 5.41) is 20.7. The van der Waals surface area contributed by atoms with Crippen molar-refractivity contribution in [2.24, 2.45) is 5.73 Å². The number of nitrogens with two attached hydrogens (primary N) is 2. The molecule has 8 N–H and O–H groups in total. The van der Waals surface area contributed by atoms with Gasteiger partial charge >= 0.3 is 10.4 Å². The van der Waals surface area contributed by atoms with Crippen LogP contribution in [0.15, 0.2) is 12.7 Å². The fourth-order valence-electron chi connectivity index (χ4n) is 2.93. The van der Waals surface area contributed by atoms with E-state index in [1.54, 1.807) is 4.57 Å². The van der Waals surface area contributed by atoms with Crippen LogP contribution in [0.3, 0.4) is 0 Å². The minimum absolute atomic E-state index is 0.254. The lowest BCUT2D eigenvalue weighted by molar-refractivity contribution is -0.0421. The number of fused-ring (bicyclic) bond motifs is 1. The predicted molar refractivity (Wildman–Crippen MR) is 101 cm³/mol. The van der Waals surface area contributed by atoms with Crippen molar-refractivity contribution in [1.82, 2.24) is 24.4 Å². The first kappa shape index (κ1) is 23.3. The largest absolute Gasteiger partial charge is 0.394 e. The number of likely N-dealkylation sites (N-methyl/N-ethyl adjacent to an activating group) is 1. The van der Waals surface area contributed by atoms with E-state index in [0.717, 1.165) is 13.0 Å². The molecule has 1 fully saturated rings. The molecule has 2 aromatic heterocycles. The molecule has 4 atom stereocenters. The van der Waals surface area contributed by atoms with E-state index in [4.69, 9.17) is 33.7 Å². The Hall–Kier alpha value is -1.98. The molecule has 1 saturated heterocycles. The van der Waals surface area contributed by atoms with Crippen LogP contribution < -0.4 is 11.5 Å². The van der Waals surface area contributed by atoms with Crippen molar-refractivity contribution in [3.05, 3.63) is 12.7 Å². The molecular weight excluding hydrogens is 410 g/mol. The Bertz CT molecular complexity index is 901. The quantitative estimate of drug-likeness (QED) is 0.262. The maximum absolute atomic E-state index is 10.4. The van der Waals surface area contributed by atoms with Gasteiger partial charge in [0.1, 0.15) is 30.2 Å². The zero-order valence-electron chi connectivity index (χ0n) is 15.6. The summed E-state index contributed by atoms with van der Waals surface area (Å²) in [6.07, 6.45) is 0.256. The molecule has 0 spiro atoms. The number of aliphatic hydroxyl groups is 2. The molecule has 3 heterocycles. The maximum Gasteiger partial charge on any atom is 0.394 e. The molecule has 0 amide bonds. The number of anilines is 1. The highest BCUT2D eigenvalue weighted by Gasteiger charge is 2.44. The third kappa shape index (κ3) is 6.25. The van der Waals surface area contributed by atoms with Gasteiger partial charge < -0.3 is 31.3 Å². The Labute approximate surface area is 166 Å². The fraction of sp³-hybridized carbons (Fsp3) is 0.643. The second kappa shape index (κ2) is 9.68. The van der Waals surface area contributed by atoms with Crippen LogP contribution in [-0.4, -0.2) is 97.1 Å². The van der Waals surface area contributed by atoms with E-state index in [1.165, 1.54) is 12.7 Å². The topological polar surface area (TPSA) is 223 Å². The van der Waals surface area contributed by atoms with E-state index in [9.17, 15) is 10.2 Å². The van der Waals surface area contributed by atoms with E-state index >= 15 is 0 Å². The van der Waals surface area contributed by atoms with Gasteiger partial charge in [-0.25, -0.2) is 15.0 Å². The summed E-state index contributed by atoms with van der Waals surface area (Å²) in [7, 11) is -2.74. The monoisotopic (exact) mass is 435 g/mol. The van der Waals surface area contributed by atoms with Crippen molar-refractivity contribution < 1.29 is 32.5 Å². The molecular formula is C14H25N7O7S. The van der Waals surface area contributed by atoms with Crippen molar-refractivity contribution in [3.63, 3.8) is 0 Å².